The molecule has 4 heteroatoms. The SMILES string of the molecule is CC(N)(CC1CCCO1)C(F)F. The van der Waals surface area contributed by atoms with Crippen molar-refractivity contribution >= 4 is 0 Å². The highest BCUT2D eigenvalue weighted by atomic mass is 19.3. The van der Waals surface area contributed by atoms with Gasteiger partial charge in [-0.25, -0.2) is 8.78 Å². The average molecular weight is 179 g/mol. The van der Waals surface area contributed by atoms with Gasteiger partial charge in [-0.15, -0.1) is 0 Å². The van der Waals surface area contributed by atoms with Gasteiger partial charge in [-0.2, -0.15) is 0 Å². The van der Waals surface area contributed by atoms with Crippen LogP contribution in [0.3, 0.4) is 0 Å². The van der Waals surface area contributed by atoms with E-state index in [4.69, 9.17) is 10.5 Å². The van der Waals surface area contributed by atoms with Crippen LogP contribution in [-0.2, 0) is 4.74 Å². The van der Waals surface area contributed by atoms with E-state index in [1.807, 2.05) is 0 Å². The van der Waals surface area contributed by atoms with Gasteiger partial charge in [0, 0.05) is 6.61 Å². The second kappa shape index (κ2) is 3.66. The van der Waals surface area contributed by atoms with Crippen molar-refractivity contribution in [2.24, 2.45) is 5.73 Å². The van der Waals surface area contributed by atoms with E-state index in [-0.39, 0.29) is 12.5 Å². The van der Waals surface area contributed by atoms with Crippen molar-refractivity contribution in [3.05, 3.63) is 0 Å². The molecule has 1 rings (SSSR count). The molecule has 1 aliphatic rings. The van der Waals surface area contributed by atoms with E-state index in [0.29, 0.717) is 6.61 Å². The summed E-state index contributed by atoms with van der Waals surface area (Å²) in [5.41, 5.74) is 4.02. The number of halogens is 2. The molecule has 2 nitrogen and oxygen atoms in total. The molecular formula is C8H15F2NO. The summed E-state index contributed by atoms with van der Waals surface area (Å²) >= 11 is 0. The zero-order chi connectivity index (χ0) is 9.19. The van der Waals surface area contributed by atoms with Crippen LogP contribution in [0.5, 0.6) is 0 Å². The fraction of sp³-hybridized carbons (Fsp3) is 1.00. The van der Waals surface area contributed by atoms with Gasteiger partial charge in [-0.3, -0.25) is 0 Å². The zero-order valence-electron chi connectivity index (χ0n) is 7.22. The largest absolute Gasteiger partial charge is 0.378 e. The van der Waals surface area contributed by atoms with Crippen molar-refractivity contribution in [3.63, 3.8) is 0 Å². The van der Waals surface area contributed by atoms with E-state index in [2.05, 4.69) is 0 Å². The first-order valence-corrected chi connectivity index (χ1v) is 4.21. The van der Waals surface area contributed by atoms with Gasteiger partial charge in [-0.05, 0) is 26.2 Å². The number of nitrogens with two attached hydrogens (primary N) is 1. The fourth-order valence-corrected chi connectivity index (χ4v) is 1.38. The Morgan fingerprint density at radius 2 is 2.33 bits per heavy atom. The van der Waals surface area contributed by atoms with Gasteiger partial charge in [0.1, 0.15) is 0 Å². The zero-order valence-corrected chi connectivity index (χ0v) is 7.22. The minimum Gasteiger partial charge on any atom is -0.378 e. The molecule has 2 atom stereocenters. The van der Waals surface area contributed by atoms with Gasteiger partial charge >= 0.3 is 0 Å². The normalized spacial score (nSPS) is 29.2. The van der Waals surface area contributed by atoms with Crippen molar-refractivity contribution in [1.82, 2.24) is 0 Å². The van der Waals surface area contributed by atoms with Gasteiger partial charge in [0.05, 0.1) is 11.6 Å². The minimum absolute atomic E-state index is 0.0611. The van der Waals surface area contributed by atoms with E-state index < -0.39 is 12.0 Å². The fourth-order valence-electron chi connectivity index (χ4n) is 1.38. The van der Waals surface area contributed by atoms with Gasteiger partial charge in [-0.1, -0.05) is 0 Å². The van der Waals surface area contributed by atoms with Crippen molar-refractivity contribution in [2.75, 3.05) is 6.61 Å². The van der Waals surface area contributed by atoms with Crippen molar-refractivity contribution in [3.8, 4) is 0 Å². The lowest BCUT2D eigenvalue weighted by Crippen LogP contribution is -2.46. The number of rotatable bonds is 3. The van der Waals surface area contributed by atoms with Crippen LogP contribution in [0, 0.1) is 0 Å². The Balaban J connectivity index is 2.37. The molecule has 1 fully saturated rings. The molecule has 0 radical (unpaired) electrons. The van der Waals surface area contributed by atoms with Crippen LogP contribution in [0.2, 0.25) is 0 Å². The molecule has 0 aliphatic carbocycles. The van der Waals surface area contributed by atoms with Crippen LogP contribution >= 0.6 is 0 Å². The molecule has 0 aromatic rings. The predicted octanol–water partition coefficient (Wildman–Crippen LogP) is 1.54. The second-order valence-electron chi connectivity index (χ2n) is 3.65. The van der Waals surface area contributed by atoms with E-state index in [1.54, 1.807) is 0 Å². The molecule has 0 bridgehead atoms. The Morgan fingerprint density at radius 1 is 1.67 bits per heavy atom. The predicted molar refractivity (Wildman–Crippen MR) is 42.2 cm³/mol. The lowest BCUT2D eigenvalue weighted by atomic mass is 9.95. The molecule has 0 saturated carbocycles. The first-order valence-electron chi connectivity index (χ1n) is 4.21. The highest BCUT2D eigenvalue weighted by Crippen LogP contribution is 2.24. The standard InChI is InChI=1S/C8H15F2NO/c1-8(11,7(9)10)5-6-3-2-4-12-6/h6-7H,2-5,11H2,1H3. The van der Waals surface area contributed by atoms with Crippen LogP contribution in [-0.4, -0.2) is 24.7 Å². The molecule has 0 spiro atoms. The van der Waals surface area contributed by atoms with E-state index in [1.165, 1.54) is 6.92 Å². The molecule has 1 aliphatic heterocycles. The van der Waals surface area contributed by atoms with Crippen molar-refractivity contribution < 1.29 is 13.5 Å². The average Bonchev–Trinajstić information content (AvgIpc) is 2.38. The Morgan fingerprint density at radius 3 is 2.75 bits per heavy atom. The summed E-state index contributed by atoms with van der Waals surface area (Å²) in [6.07, 6.45) is -0.454. The number of alkyl halides is 2. The third-order valence-corrected chi connectivity index (χ3v) is 2.19. The van der Waals surface area contributed by atoms with Crippen molar-refractivity contribution in [2.45, 2.75) is 44.3 Å². The van der Waals surface area contributed by atoms with Gasteiger partial charge < -0.3 is 10.5 Å². The van der Waals surface area contributed by atoms with E-state index >= 15 is 0 Å². The quantitative estimate of drug-likeness (QED) is 0.713. The Labute approximate surface area is 71.1 Å². The van der Waals surface area contributed by atoms with Crippen LogP contribution in [0.15, 0.2) is 0 Å². The lowest BCUT2D eigenvalue weighted by Gasteiger charge is -2.26. The summed E-state index contributed by atoms with van der Waals surface area (Å²) in [7, 11) is 0. The summed E-state index contributed by atoms with van der Waals surface area (Å²) < 4.78 is 29.8. The van der Waals surface area contributed by atoms with Gasteiger partial charge in [0.25, 0.3) is 6.43 Å². The summed E-state index contributed by atoms with van der Waals surface area (Å²) in [5, 5.41) is 0. The molecule has 1 saturated heterocycles. The minimum atomic E-state index is -2.47. The highest BCUT2D eigenvalue weighted by molar-refractivity contribution is 4.86. The summed E-state index contributed by atoms with van der Waals surface area (Å²) in [6, 6.07) is 0. The van der Waals surface area contributed by atoms with Crippen molar-refractivity contribution in [1.29, 1.82) is 0 Å². The molecule has 0 aromatic carbocycles. The lowest BCUT2D eigenvalue weighted by molar-refractivity contribution is 0.0166. The first-order chi connectivity index (χ1) is 5.52. The Bertz CT molecular complexity index is 144. The van der Waals surface area contributed by atoms with Crippen LogP contribution < -0.4 is 5.73 Å². The Kier molecular flexibility index (Phi) is 3.01. The number of hydrogen-bond donors (Lipinski definition) is 1. The second-order valence-corrected chi connectivity index (χ2v) is 3.65. The Hall–Kier alpha value is -0.220. The first kappa shape index (κ1) is 9.86. The molecule has 0 aromatic heterocycles. The van der Waals surface area contributed by atoms with E-state index in [9.17, 15) is 8.78 Å². The molecule has 0 amide bonds. The highest BCUT2D eigenvalue weighted by Gasteiger charge is 2.34. The molecule has 2 unspecified atom stereocenters. The maximum atomic E-state index is 12.3. The maximum Gasteiger partial charge on any atom is 0.256 e. The third-order valence-electron chi connectivity index (χ3n) is 2.19. The smallest absolute Gasteiger partial charge is 0.256 e. The molecular weight excluding hydrogens is 164 g/mol. The topological polar surface area (TPSA) is 35.2 Å². The van der Waals surface area contributed by atoms with Crippen LogP contribution in [0.4, 0.5) is 8.78 Å². The molecule has 12 heavy (non-hydrogen) atoms. The van der Waals surface area contributed by atoms with Gasteiger partial charge in [0.2, 0.25) is 0 Å². The summed E-state index contributed by atoms with van der Waals surface area (Å²) in [5.74, 6) is 0. The van der Waals surface area contributed by atoms with Crippen LogP contribution in [0.1, 0.15) is 26.2 Å². The number of hydrogen-bond acceptors (Lipinski definition) is 2. The monoisotopic (exact) mass is 179 g/mol. The third kappa shape index (κ3) is 2.38. The maximum absolute atomic E-state index is 12.3. The van der Waals surface area contributed by atoms with E-state index in [0.717, 1.165) is 12.8 Å². The molecule has 2 N–H and O–H groups in total. The molecule has 1 heterocycles. The van der Waals surface area contributed by atoms with Crippen LogP contribution in [0.25, 0.3) is 0 Å². The summed E-state index contributed by atoms with van der Waals surface area (Å²) in [4.78, 5) is 0. The molecule has 72 valence electrons. The summed E-state index contributed by atoms with van der Waals surface area (Å²) in [6.45, 7) is 2.06. The van der Waals surface area contributed by atoms with Gasteiger partial charge in [0.15, 0.2) is 0 Å². The number of ether oxygens (including phenoxy) is 1.